The summed E-state index contributed by atoms with van der Waals surface area (Å²) in [5.41, 5.74) is 6.37. The van der Waals surface area contributed by atoms with Gasteiger partial charge in [0.05, 0.1) is 7.11 Å². The van der Waals surface area contributed by atoms with Gasteiger partial charge in [0.1, 0.15) is 11.6 Å². The average Bonchev–Trinajstić information content (AvgIpc) is 2.66. The van der Waals surface area contributed by atoms with Crippen LogP contribution in [0.25, 0.3) is 0 Å². The van der Waals surface area contributed by atoms with Gasteiger partial charge >= 0.3 is 0 Å². The molecule has 4 N–H and O–H groups in total. The highest BCUT2D eigenvalue weighted by atomic mass is 16.5. The van der Waals surface area contributed by atoms with Crippen LogP contribution >= 0.6 is 0 Å². The molecule has 8 nitrogen and oxygen atoms in total. The molecule has 0 aliphatic carbocycles. The minimum Gasteiger partial charge on any atom is -0.496 e. The second kappa shape index (κ2) is 8.57. The summed E-state index contributed by atoms with van der Waals surface area (Å²) >= 11 is 0. The van der Waals surface area contributed by atoms with Crippen LogP contribution in [0.4, 0.5) is 11.8 Å². The number of ether oxygens (including phenoxy) is 1. The van der Waals surface area contributed by atoms with Crippen molar-refractivity contribution in [2.24, 2.45) is 0 Å². The molecule has 0 atom stereocenters. The van der Waals surface area contributed by atoms with Gasteiger partial charge in [0.2, 0.25) is 11.9 Å². The third-order valence-corrected chi connectivity index (χ3v) is 4.74. The number of aryl methyl sites for hydroxylation is 1. The van der Waals surface area contributed by atoms with Crippen LogP contribution in [0.5, 0.6) is 5.75 Å². The van der Waals surface area contributed by atoms with Crippen LogP contribution in [0.3, 0.4) is 0 Å². The maximum absolute atomic E-state index is 12.3. The summed E-state index contributed by atoms with van der Waals surface area (Å²) in [5, 5.41) is 3.10. The molecule has 1 aromatic heterocycles. The van der Waals surface area contributed by atoms with Crippen LogP contribution in [0.15, 0.2) is 35.1 Å². The summed E-state index contributed by atoms with van der Waals surface area (Å²) in [6, 6.07) is 9.32. The van der Waals surface area contributed by atoms with E-state index >= 15 is 0 Å². The summed E-state index contributed by atoms with van der Waals surface area (Å²) < 4.78 is 5.32. The second-order valence-electron chi connectivity index (χ2n) is 6.63. The predicted octanol–water partition coefficient (Wildman–Crippen LogP) is 1.08. The maximum atomic E-state index is 12.3. The van der Waals surface area contributed by atoms with Gasteiger partial charge in [-0.05, 0) is 30.9 Å². The zero-order valence-electron chi connectivity index (χ0n) is 15.4. The van der Waals surface area contributed by atoms with Crippen molar-refractivity contribution >= 4 is 17.7 Å². The number of nitrogens with two attached hydrogens (primary N) is 1. The van der Waals surface area contributed by atoms with E-state index in [0.29, 0.717) is 31.7 Å². The first-order valence-corrected chi connectivity index (χ1v) is 9.08. The average molecular weight is 371 g/mol. The molecule has 0 unspecified atom stereocenters. The minimum atomic E-state index is -0.260. The Morgan fingerprint density at radius 1 is 1.37 bits per heavy atom. The van der Waals surface area contributed by atoms with Crippen LogP contribution in [0, 0.1) is 0 Å². The summed E-state index contributed by atoms with van der Waals surface area (Å²) in [4.78, 5) is 32.4. The van der Waals surface area contributed by atoms with Crippen LogP contribution in [-0.2, 0) is 11.2 Å². The van der Waals surface area contributed by atoms with Crippen molar-refractivity contribution in [1.29, 1.82) is 0 Å². The minimum absolute atomic E-state index is 0.0397. The molecule has 1 saturated heterocycles. The van der Waals surface area contributed by atoms with Crippen molar-refractivity contribution < 1.29 is 9.53 Å². The number of carbonyl (C=O) groups excluding carboxylic acids is 1. The molecule has 0 bridgehead atoms. The number of H-pyrrole nitrogens is 1. The largest absolute Gasteiger partial charge is 0.496 e. The molecular formula is C19H25N5O3. The lowest BCUT2D eigenvalue weighted by atomic mass is 10.0. The van der Waals surface area contributed by atoms with Crippen molar-refractivity contribution in [3.63, 3.8) is 0 Å². The lowest BCUT2D eigenvalue weighted by Gasteiger charge is -2.33. The van der Waals surface area contributed by atoms with E-state index in [1.807, 2.05) is 29.2 Å². The number of aromatic nitrogens is 2. The Morgan fingerprint density at radius 3 is 2.81 bits per heavy atom. The summed E-state index contributed by atoms with van der Waals surface area (Å²) in [6.45, 7) is 1.43. The number of nitrogens with zero attached hydrogens (tertiary/aromatic N) is 2. The van der Waals surface area contributed by atoms with E-state index < -0.39 is 0 Å². The van der Waals surface area contributed by atoms with E-state index in [1.54, 1.807) is 7.11 Å². The Labute approximate surface area is 157 Å². The monoisotopic (exact) mass is 371 g/mol. The van der Waals surface area contributed by atoms with Gasteiger partial charge in [-0.15, -0.1) is 0 Å². The van der Waals surface area contributed by atoms with Crippen LogP contribution in [-0.4, -0.2) is 42.1 Å². The third-order valence-electron chi connectivity index (χ3n) is 4.74. The summed E-state index contributed by atoms with van der Waals surface area (Å²) in [6.07, 6.45) is 2.67. The van der Waals surface area contributed by atoms with E-state index in [-0.39, 0.29) is 23.5 Å². The Balaban J connectivity index is 1.47. The van der Waals surface area contributed by atoms with E-state index in [9.17, 15) is 9.59 Å². The molecule has 1 aromatic carbocycles. The second-order valence-corrected chi connectivity index (χ2v) is 6.63. The lowest BCUT2D eigenvalue weighted by Crippen LogP contribution is -2.45. The van der Waals surface area contributed by atoms with Gasteiger partial charge in [-0.2, -0.15) is 4.98 Å². The molecule has 0 spiro atoms. The van der Waals surface area contributed by atoms with Crippen molar-refractivity contribution in [1.82, 2.24) is 15.3 Å². The number of nitrogens with one attached hydrogen (secondary N) is 2. The van der Waals surface area contributed by atoms with Gasteiger partial charge in [0.15, 0.2) is 0 Å². The molecule has 1 amide bonds. The smallest absolute Gasteiger partial charge is 0.254 e. The maximum Gasteiger partial charge on any atom is 0.254 e. The summed E-state index contributed by atoms with van der Waals surface area (Å²) in [5.74, 6) is 1.54. The Kier molecular flexibility index (Phi) is 5.95. The zero-order valence-corrected chi connectivity index (χ0v) is 15.4. The van der Waals surface area contributed by atoms with E-state index in [4.69, 9.17) is 10.5 Å². The number of anilines is 2. The van der Waals surface area contributed by atoms with Crippen molar-refractivity contribution in [2.45, 2.75) is 31.7 Å². The number of amides is 1. The molecule has 1 fully saturated rings. The molecule has 144 valence electrons. The van der Waals surface area contributed by atoms with Crippen LogP contribution < -0.4 is 26.2 Å². The lowest BCUT2D eigenvalue weighted by molar-refractivity contribution is -0.121. The van der Waals surface area contributed by atoms with Crippen molar-refractivity contribution in [3.8, 4) is 5.75 Å². The molecule has 1 aliphatic heterocycles. The molecular weight excluding hydrogens is 346 g/mol. The topological polar surface area (TPSA) is 113 Å². The highest BCUT2D eigenvalue weighted by molar-refractivity contribution is 5.76. The zero-order chi connectivity index (χ0) is 19.2. The Hall–Kier alpha value is -3.03. The Morgan fingerprint density at radius 2 is 2.11 bits per heavy atom. The highest BCUT2D eigenvalue weighted by Crippen LogP contribution is 2.20. The highest BCUT2D eigenvalue weighted by Gasteiger charge is 2.22. The summed E-state index contributed by atoms with van der Waals surface area (Å²) in [7, 11) is 1.63. The molecule has 0 saturated carbocycles. The number of methoxy groups -OCH3 is 1. The number of carbonyl (C=O) groups is 1. The van der Waals surface area contributed by atoms with E-state index in [0.717, 1.165) is 24.2 Å². The molecule has 2 heterocycles. The van der Waals surface area contributed by atoms with E-state index in [2.05, 4.69) is 15.3 Å². The fourth-order valence-corrected chi connectivity index (χ4v) is 3.34. The standard InChI is InChI=1S/C19H25N5O3/c1-27-15-5-3-2-4-13(15)6-7-17(25)21-14-8-10-24(11-9-14)16-12-18(26)23-19(20)22-16/h2-5,12,14H,6-11H2,1H3,(H,21,25)(H3,20,22,23,26). The fraction of sp³-hybridized carbons (Fsp3) is 0.421. The first kappa shape index (κ1) is 18.8. The van der Waals surface area contributed by atoms with Crippen molar-refractivity contribution in [3.05, 3.63) is 46.2 Å². The van der Waals surface area contributed by atoms with E-state index in [1.165, 1.54) is 6.07 Å². The molecule has 1 aliphatic rings. The molecule has 27 heavy (non-hydrogen) atoms. The van der Waals surface area contributed by atoms with Gasteiger partial charge in [-0.1, -0.05) is 18.2 Å². The third kappa shape index (κ3) is 4.99. The number of para-hydroxylation sites is 1. The number of rotatable bonds is 6. The number of hydrogen-bond acceptors (Lipinski definition) is 6. The normalized spacial score (nSPS) is 14.8. The van der Waals surface area contributed by atoms with Crippen LogP contribution in [0.1, 0.15) is 24.8 Å². The molecule has 3 rings (SSSR count). The van der Waals surface area contributed by atoms with Gasteiger partial charge in [-0.25, -0.2) is 0 Å². The number of piperidine rings is 1. The van der Waals surface area contributed by atoms with Crippen LogP contribution in [0.2, 0.25) is 0 Å². The predicted molar refractivity (Wildman–Crippen MR) is 104 cm³/mol. The molecule has 0 radical (unpaired) electrons. The molecule has 2 aromatic rings. The number of hydrogen-bond donors (Lipinski definition) is 3. The van der Waals surface area contributed by atoms with Gasteiger partial charge in [0.25, 0.3) is 5.56 Å². The number of benzene rings is 1. The quantitative estimate of drug-likeness (QED) is 0.700. The van der Waals surface area contributed by atoms with Gasteiger partial charge in [0, 0.05) is 31.6 Å². The number of aromatic amines is 1. The first-order valence-electron chi connectivity index (χ1n) is 9.08. The molecule has 8 heteroatoms. The first-order chi connectivity index (χ1) is 13.0. The van der Waals surface area contributed by atoms with Gasteiger partial charge < -0.3 is 20.7 Å². The van der Waals surface area contributed by atoms with Gasteiger partial charge in [-0.3, -0.25) is 14.6 Å². The van der Waals surface area contributed by atoms with Crippen molar-refractivity contribution in [2.75, 3.05) is 30.8 Å². The Bertz CT molecular complexity index is 843. The SMILES string of the molecule is COc1ccccc1CCC(=O)NC1CCN(c2cc(=O)[nH]c(N)n2)CC1. The number of nitrogen functional groups attached to an aromatic ring is 1. The fourth-order valence-electron chi connectivity index (χ4n) is 3.34.